The Kier molecular flexibility index (Phi) is 4.00. The van der Waals surface area contributed by atoms with Gasteiger partial charge in [-0.1, -0.05) is 5.57 Å². The Morgan fingerprint density at radius 1 is 1.47 bits per heavy atom. The first-order valence-electron chi connectivity index (χ1n) is 5.08. The van der Waals surface area contributed by atoms with E-state index in [1.165, 1.54) is 5.56 Å². The van der Waals surface area contributed by atoms with Crippen molar-refractivity contribution in [1.29, 1.82) is 0 Å². The molecule has 3 nitrogen and oxygen atoms in total. The maximum Gasteiger partial charge on any atom is 0.0498 e. The minimum absolute atomic E-state index is 0.128. The van der Waals surface area contributed by atoms with Crippen molar-refractivity contribution in [2.24, 2.45) is 5.84 Å². The van der Waals surface area contributed by atoms with Gasteiger partial charge in [0.25, 0.3) is 0 Å². The van der Waals surface area contributed by atoms with Crippen molar-refractivity contribution in [3.05, 3.63) is 41.2 Å². The second kappa shape index (κ2) is 5.05. The summed E-state index contributed by atoms with van der Waals surface area (Å²) in [5, 5.41) is 0. The molecule has 1 atom stereocenters. The molecule has 0 saturated heterocycles. The van der Waals surface area contributed by atoms with Crippen LogP contribution in [0.15, 0.2) is 24.3 Å². The van der Waals surface area contributed by atoms with Gasteiger partial charge in [0.1, 0.15) is 0 Å². The second-order valence-electron chi connectivity index (χ2n) is 4.06. The number of hydrogen-bond acceptors (Lipinski definition) is 3. The van der Waals surface area contributed by atoms with Gasteiger partial charge < -0.3 is 0 Å². The van der Waals surface area contributed by atoms with Crippen LogP contribution in [-0.4, -0.2) is 4.98 Å². The first-order valence-corrected chi connectivity index (χ1v) is 5.08. The van der Waals surface area contributed by atoms with Crippen LogP contribution in [0.4, 0.5) is 0 Å². The van der Waals surface area contributed by atoms with Gasteiger partial charge in [-0.2, -0.15) is 0 Å². The number of hydrogen-bond donors (Lipinski definition) is 2. The lowest BCUT2D eigenvalue weighted by Gasteiger charge is -2.17. The maximum atomic E-state index is 5.54. The fourth-order valence-electron chi connectivity index (χ4n) is 1.69. The monoisotopic (exact) mass is 205 g/mol. The van der Waals surface area contributed by atoms with Crippen molar-refractivity contribution in [2.45, 2.75) is 33.2 Å². The van der Waals surface area contributed by atoms with E-state index in [0.29, 0.717) is 0 Å². The number of nitrogens with zero attached hydrogens (tertiary/aromatic N) is 1. The predicted molar refractivity (Wildman–Crippen MR) is 63.2 cm³/mol. The van der Waals surface area contributed by atoms with E-state index >= 15 is 0 Å². The van der Waals surface area contributed by atoms with Crippen LogP contribution in [0.1, 0.15) is 36.3 Å². The van der Waals surface area contributed by atoms with E-state index in [0.717, 1.165) is 23.4 Å². The van der Waals surface area contributed by atoms with Crippen LogP contribution in [0.3, 0.4) is 0 Å². The summed E-state index contributed by atoms with van der Waals surface area (Å²) < 4.78 is 0. The Bertz CT molecular complexity index is 338. The molecule has 1 aromatic heterocycles. The lowest BCUT2D eigenvalue weighted by atomic mass is 10.0. The highest BCUT2D eigenvalue weighted by Crippen LogP contribution is 2.20. The van der Waals surface area contributed by atoms with Crippen LogP contribution in [-0.2, 0) is 0 Å². The molecule has 0 bridgehead atoms. The predicted octanol–water partition coefficient (Wildman–Crippen LogP) is 2.17. The summed E-state index contributed by atoms with van der Waals surface area (Å²) >= 11 is 0. The zero-order chi connectivity index (χ0) is 11.4. The third-order valence-electron chi connectivity index (χ3n) is 2.26. The van der Waals surface area contributed by atoms with Crippen molar-refractivity contribution in [3.63, 3.8) is 0 Å². The minimum Gasteiger partial charge on any atom is -0.271 e. The Hall–Kier alpha value is -1.19. The van der Waals surface area contributed by atoms with Crippen LogP contribution in [0.5, 0.6) is 0 Å². The summed E-state index contributed by atoms with van der Waals surface area (Å²) in [5.41, 5.74) is 7.14. The number of hydrazine groups is 1. The Morgan fingerprint density at radius 2 is 2.00 bits per heavy atom. The van der Waals surface area contributed by atoms with Gasteiger partial charge >= 0.3 is 0 Å². The van der Waals surface area contributed by atoms with E-state index in [1.807, 2.05) is 20.8 Å². The molecule has 0 radical (unpaired) electrons. The summed E-state index contributed by atoms with van der Waals surface area (Å²) in [6, 6.07) is 4.24. The number of nitrogens with one attached hydrogen (secondary N) is 1. The first kappa shape index (κ1) is 11.9. The lowest BCUT2D eigenvalue weighted by molar-refractivity contribution is 0.549. The van der Waals surface area contributed by atoms with Crippen molar-refractivity contribution >= 4 is 0 Å². The highest BCUT2D eigenvalue weighted by molar-refractivity contribution is 5.24. The van der Waals surface area contributed by atoms with E-state index < -0.39 is 0 Å². The molecule has 3 heteroatoms. The molecule has 0 amide bonds. The normalized spacial score (nSPS) is 12.5. The molecule has 0 aliphatic rings. The molecule has 1 aromatic rings. The smallest absolute Gasteiger partial charge is 0.0498 e. The highest BCUT2D eigenvalue weighted by atomic mass is 15.2. The lowest BCUT2D eigenvalue weighted by Crippen LogP contribution is -2.28. The summed E-state index contributed by atoms with van der Waals surface area (Å²) in [5.74, 6) is 5.54. The fraction of sp³-hybridized carbons (Fsp3) is 0.417. The summed E-state index contributed by atoms with van der Waals surface area (Å²) in [7, 11) is 0. The molecule has 0 aliphatic carbocycles. The highest BCUT2D eigenvalue weighted by Gasteiger charge is 2.10. The maximum absolute atomic E-state index is 5.54. The Balaban J connectivity index is 2.95. The van der Waals surface area contributed by atoms with Gasteiger partial charge in [-0.05, 0) is 44.9 Å². The summed E-state index contributed by atoms with van der Waals surface area (Å²) in [6.07, 6.45) is 0.847. The molecule has 82 valence electrons. The number of aryl methyl sites for hydroxylation is 2. The number of aromatic nitrogens is 1. The molecule has 15 heavy (non-hydrogen) atoms. The average Bonchev–Trinajstić information content (AvgIpc) is 2.12. The first-order chi connectivity index (χ1) is 7.02. The van der Waals surface area contributed by atoms with Gasteiger partial charge in [0, 0.05) is 17.4 Å². The fourth-order valence-corrected chi connectivity index (χ4v) is 1.69. The number of pyridine rings is 1. The SMILES string of the molecule is C=C(C)CC(NN)c1cc(C)nc(C)c1. The van der Waals surface area contributed by atoms with E-state index in [-0.39, 0.29) is 6.04 Å². The van der Waals surface area contributed by atoms with E-state index in [9.17, 15) is 0 Å². The van der Waals surface area contributed by atoms with Crippen LogP contribution in [0.2, 0.25) is 0 Å². The third kappa shape index (κ3) is 3.46. The van der Waals surface area contributed by atoms with Crippen LogP contribution < -0.4 is 11.3 Å². The molecule has 0 spiro atoms. The van der Waals surface area contributed by atoms with E-state index in [4.69, 9.17) is 5.84 Å². The van der Waals surface area contributed by atoms with Gasteiger partial charge in [-0.3, -0.25) is 16.3 Å². The van der Waals surface area contributed by atoms with Crippen molar-refractivity contribution < 1.29 is 0 Å². The average molecular weight is 205 g/mol. The molecule has 1 rings (SSSR count). The van der Waals surface area contributed by atoms with E-state index in [2.05, 4.69) is 29.1 Å². The molecular formula is C12H19N3. The van der Waals surface area contributed by atoms with Crippen LogP contribution >= 0.6 is 0 Å². The van der Waals surface area contributed by atoms with Crippen molar-refractivity contribution in [3.8, 4) is 0 Å². The molecule has 1 heterocycles. The Morgan fingerprint density at radius 3 is 2.40 bits per heavy atom. The quantitative estimate of drug-likeness (QED) is 0.450. The Labute approximate surface area is 91.4 Å². The zero-order valence-electron chi connectivity index (χ0n) is 9.67. The zero-order valence-corrected chi connectivity index (χ0v) is 9.67. The van der Waals surface area contributed by atoms with Gasteiger partial charge in [0.15, 0.2) is 0 Å². The van der Waals surface area contributed by atoms with Gasteiger partial charge in [-0.15, -0.1) is 6.58 Å². The van der Waals surface area contributed by atoms with Gasteiger partial charge in [0.05, 0.1) is 0 Å². The third-order valence-corrected chi connectivity index (χ3v) is 2.26. The molecule has 0 aromatic carbocycles. The molecule has 3 N–H and O–H groups in total. The molecule has 0 fully saturated rings. The minimum atomic E-state index is 0.128. The van der Waals surface area contributed by atoms with Crippen LogP contribution in [0.25, 0.3) is 0 Å². The summed E-state index contributed by atoms with van der Waals surface area (Å²) in [4.78, 5) is 4.34. The number of nitrogens with two attached hydrogens (primary N) is 1. The van der Waals surface area contributed by atoms with Crippen LogP contribution in [0, 0.1) is 13.8 Å². The standard InChI is InChI=1S/C12H19N3/c1-8(2)5-12(15-13)11-6-9(3)14-10(4)7-11/h6-7,12,15H,1,5,13H2,2-4H3. The van der Waals surface area contributed by atoms with Gasteiger partial charge in [0.2, 0.25) is 0 Å². The van der Waals surface area contributed by atoms with E-state index in [1.54, 1.807) is 0 Å². The topological polar surface area (TPSA) is 50.9 Å². The molecule has 0 saturated carbocycles. The van der Waals surface area contributed by atoms with Crippen molar-refractivity contribution in [2.75, 3.05) is 0 Å². The largest absolute Gasteiger partial charge is 0.271 e. The van der Waals surface area contributed by atoms with Gasteiger partial charge in [-0.25, -0.2) is 0 Å². The molecule has 0 aliphatic heterocycles. The second-order valence-corrected chi connectivity index (χ2v) is 4.06. The number of rotatable bonds is 4. The van der Waals surface area contributed by atoms with Crippen molar-refractivity contribution in [1.82, 2.24) is 10.4 Å². The molecule has 1 unspecified atom stereocenters. The summed E-state index contributed by atoms with van der Waals surface area (Å²) in [6.45, 7) is 9.89. The molecular weight excluding hydrogens is 186 g/mol.